The topological polar surface area (TPSA) is 85.8 Å². The first-order valence-corrected chi connectivity index (χ1v) is 9.57. The van der Waals surface area contributed by atoms with Crippen molar-refractivity contribution < 1.29 is 9.90 Å². The van der Waals surface area contributed by atoms with Gasteiger partial charge in [-0.25, -0.2) is 0 Å². The monoisotopic (exact) mass is 468 g/mol. The fraction of sp³-hybridized carbons (Fsp3) is 0.889. The molecule has 1 aliphatic carbocycles. The molecule has 0 aliphatic heterocycles. The molecule has 1 rings (SSSR count). The quantitative estimate of drug-likeness (QED) is 0.154. The predicted molar refractivity (Wildman–Crippen MR) is 115 cm³/mol. The zero-order valence-electron chi connectivity index (χ0n) is 16.1. The van der Waals surface area contributed by atoms with Gasteiger partial charge >= 0.3 is 0 Å². The molecular weight excluding hydrogens is 431 g/mol. The van der Waals surface area contributed by atoms with E-state index in [9.17, 15) is 9.90 Å². The number of aliphatic imine (C=N–C) groups is 1. The van der Waals surface area contributed by atoms with Gasteiger partial charge in [0.05, 0.1) is 12.1 Å². The summed E-state index contributed by atoms with van der Waals surface area (Å²) in [7, 11) is 0. The molecule has 1 aliphatic rings. The van der Waals surface area contributed by atoms with Crippen LogP contribution in [0.25, 0.3) is 0 Å². The standard InChI is InChI=1S/C18H36N4O2.HI/c1-4-11-18(24,12-5-2)14-21-17(19-6-3)20-13-7-8-16(23)22-15-9-10-15;/h15,24H,4-14H2,1-3H3,(H,22,23)(H2,19,20,21);1H. The highest BCUT2D eigenvalue weighted by Crippen LogP contribution is 2.20. The fourth-order valence-electron chi connectivity index (χ4n) is 2.77. The summed E-state index contributed by atoms with van der Waals surface area (Å²) in [6.45, 7) is 8.07. The van der Waals surface area contributed by atoms with Crippen LogP contribution in [0.3, 0.4) is 0 Å². The molecule has 0 saturated heterocycles. The number of amides is 1. The van der Waals surface area contributed by atoms with E-state index in [1.54, 1.807) is 0 Å². The van der Waals surface area contributed by atoms with Gasteiger partial charge < -0.3 is 21.1 Å². The highest BCUT2D eigenvalue weighted by Gasteiger charge is 2.24. The SMILES string of the molecule is CCCC(O)(CCC)CN=C(NCC)NCCCC(=O)NC1CC1.I. The van der Waals surface area contributed by atoms with Crippen molar-refractivity contribution in [2.75, 3.05) is 19.6 Å². The average molecular weight is 468 g/mol. The van der Waals surface area contributed by atoms with Crippen molar-refractivity contribution in [3.8, 4) is 0 Å². The first-order valence-electron chi connectivity index (χ1n) is 9.57. The highest BCUT2D eigenvalue weighted by molar-refractivity contribution is 14.0. The number of rotatable bonds is 12. The molecule has 0 aromatic heterocycles. The molecule has 0 bridgehead atoms. The van der Waals surface area contributed by atoms with E-state index in [2.05, 4.69) is 34.8 Å². The molecule has 1 amide bonds. The molecule has 7 heteroatoms. The lowest BCUT2D eigenvalue weighted by molar-refractivity contribution is -0.121. The van der Waals surface area contributed by atoms with Crippen LogP contribution < -0.4 is 16.0 Å². The van der Waals surface area contributed by atoms with E-state index in [0.29, 0.717) is 31.5 Å². The van der Waals surface area contributed by atoms with Crippen LogP contribution in [0.1, 0.15) is 72.1 Å². The zero-order valence-corrected chi connectivity index (χ0v) is 18.4. The predicted octanol–water partition coefficient (Wildman–Crippen LogP) is 2.55. The van der Waals surface area contributed by atoms with Crippen LogP contribution in [0, 0.1) is 0 Å². The third-order valence-corrected chi connectivity index (χ3v) is 4.12. The number of carbonyl (C=O) groups excluding carboxylic acids is 1. The number of guanidine groups is 1. The summed E-state index contributed by atoms with van der Waals surface area (Å²) in [4.78, 5) is 16.2. The van der Waals surface area contributed by atoms with Gasteiger partial charge in [0.15, 0.2) is 5.96 Å². The molecule has 148 valence electrons. The number of hydrogen-bond acceptors (Lipinski definition) is 3. The van der Waals surface area contributed by atoms with Gasteiger partial charge in [-0.2, -0.15) is 0 Å². The van der Waals surface area contributed by atoms with Gasteiger partial charge in [0, 0.05) is 25.6 Å². The Morgan fingerprint density at radius 1 is 1.16 bits per heavy atom. The molecule has 0 spiro atoms. The van der Waals surface area contributed by atoms with Gasteiger partial charge in [-0.05, 0) is 39.0 Å². The molecule has 0 radical (unpaired) electrons. The van der Waals surface area contributed by atoms with E-state index in [1.165, 1.54) is 0 Å². The smallest absolute Gasteiger partial charge is 0.220 e. The second-order valence-corrected chi connectivity index (χ2v) is 6.79. The molecule has 4 N–H and O–H groups in total. The largest absolute Gasteiger partial charge is 0.388 e. The van der Waals surface area contributed by atoms with Crippen molar-refractivity contribution >= 4 is 35.8 Å². The third-order valence-electron chi connectivity index (χ3n) is 4.12. The number of aliphatic hydroxyl groups is 1. The minimum atomic E-state index is -0.712. The van der Waals surface area contributed by atoms with Gasteiger partial charge in [-0.3, -0.25) is 9.79 Å². The number of nitrogens with one attached hydrogen (secondary N) is 3. The van der Waals surface area contributed by atoms with Gasteiger partial charge in [0.1, 0.15) is 0 Å². The first kappa shape index (κ1) is 24.4. The van der Waals surface area contributed by atoms with Crippen LogP contribution in [-0.4, -0.2) is 48.3 Å². The number of nitrogens with zero attached hydrogens (tertiary/aromatic N) is 1. The molecular formula is C18H37IN4O2. The van der Waals surface area contributed by atoms with Crippen LogP contribution in [0.15, 0.2) is 4.99 Å². The molecule has 0 unspecified atom stereocenters. The Hall–Kier alpha value is -0.570. The van der Waals surface area contributed by atoms with Crippen molar-refractivity contribution in [2.45, 2.75) is 83.8 Å². The van der Waals surface area contributed by atoms with E-state index < -0.39 is 5.60 Å². The van der Waals surface area contributed by atoms with E-state index >= 15 is 0 Å². The molecule has 6 nitrogen and oxygen atoms in total. The summed E-state index contributed by atoms with van der Waals surface area (Å²) < 4.78 is 0. The fourth-order valence-corrected chi connectivity index (χ4v) is 2.77. The lowest BCUT2D eigenvalue weighted by Gasteiger charge is -2.26. The first-order chi connectivity index (χ1) is 11.5. The maximum absolute atomic E-state index is 11.6. The van der Waals surface area contributed by atoms with E-state index in [-0.39, 0.29) is 29.9 Å². The maximum Gasteiger partial charge on any atom is 0.220 e. The summed E-state index contributed by atoms with van der Waals surface area (Å²) in [6, 6.07) is 0.430. The Kier molecular flexibility index (Phi) is 13.3. The summed E-state index contributed by atoms with van der Waals surface area (Å²) >= 11 is 0. The zero-order chi connectivity index (χ0) is 17.8. The highest BCUT2D eigenvalue weighted by atomic mass is 127. The van der Waals surface area contributed by atoms with Crippen molar-refractivity contribution in [1.82, 2.24) is 16.0 Å². The van der Waals surface area contributed by atoms with Crippen LogP contribution in [0.2, 0.25) is 0 Å². The Morgan fingerprint density at radius 2 is 1.80 bits per heavy atom. The van der Waals surface area contributed by atoms with Crippen molar-refractivity contribution in [1.29, 1.82) is 0 Å². The van der Waals surface area contributed by atoms with Crippen molar-refractivity contribution in [2.24, 2.45) is 4.99 Å². The number of hydrogen-bond donors (Lipinski definition) is 4. The molecule has 1 saturated carbocycles. The van der Waals surface area contributed by atoms with Gasteiger partial charge in [0.25, 0.3) is 0 Å². The Labute approximate surface area is 170 Å². The summed E-state index contributed by atoms with van der Waals surface area (Å²) in [5.74, 6) is 0.854. The normalized spacial score (nSPS) is 14.6. The summed E-state index contributed by atoms with van der Waals surface area (Å²) in [6.07, 6.45) is 7.00. The Bertz CT molecular complexity index is 395. The molecule has 0 aromatic rings. The van der Waals surface area contributed by atoms with Crippen LogP contribution in [0.5, 0.6) is 0 Å². The van der Waals surface area contributed by atoms with Gasteiger partial charge in [-0.1, -0.05) is 26.7 Å². The minimum Gasteiger partial charge on any atom is -0.388 e. The second-order valence-electron chi connectivity index (χ2n) is 6.79. The number of carbonyl (C=O) groups is 1. The average Bonchev–Trinajstić information content (AvgIpc) is 3.33. The summed E-state index contributed by atoms with van der Waals surface area (Å²) in [5, 5.41) is 20.1. The van der Waals surface area contributed by atoms with Crippen LogP contribution in [0.4, 0.5) is 0 Å². The van der Waals surface area contributed by atoms with E-state index in [1.807, 2.05) is 6.92 Å². The molecule has 0 aromatic carbocycles. The lowest BCUT2D eigenvalue weighted by Crippen LogP contribution is -2.40. The Balaban J connectivity index is 0.00000576. The molecule has 0 atom stereocenters. The lowest BCUT2D eigenvalue weighted by atomic mass is 9.93. The van der Waals surface area contributed by atoms with E-state index in [0.717, 1.165) is 51.5 Å². The number of halogens is 1. The van der Waals surface area contributed by atoms with E-state index in [4.69, 9.17) is 0 Å². The molecule has 1 fully saturated rings. The second kappa shape index (κ2) is 13.6. The van der Waals surface area contributed by atoms with Crippen LogP contribution in [-0.2, 0) is 4.79 Å². The molecule has 0 heterocycles. The third kappa shape index (κ3) is 11.6. The van der Waals surface area contributed by atoms with Crippen molar-refractivity contribution in [3.63, 3.8) is 0 Å². The van der Waals surface area contributed by atoms with Crippen molar-refractivity contribution in [3.05, 3.63) is 0 Å². The Morgan fingerprint density at radius 3 is 2.32 bits per heavy atom. The van der Waals surface area contributed by atoms with Gasteiger partial charge in [0.2, 0.25) is 5.91 Å². The minimum absolute atomic E-state index is 0. The summed E-state index contributed by atoms with van der Waals surface area (Å²) in [5.41, 5.74) is -0.712. The molecule has 25 heavy (non-hydrogen) atoms. The maximum atomic E-state index is 11.6. The van der Waals surface area contributed by atoms with Crippen LogP contribution >= 0.6 is 24.0 Å². The van der Waals surface area contributed by atoms with Gasteiger partial charge in [-0.15, -0.1) is 24.0 Å².